The Morgan fingerprint density at radius 1 is 1.47 bits per heavy atom. The van der Waals surface area contributed by atoms with E-state index in [9.17, 15) is 0 Å². The van der Waals surface area contributed by atoms with E-state index >= 15 is 0 Å². The molecular weight excluding hydrogens is 234 g/mol. The fraction of sp³-hybridized carbons (Fsp3) is 0.182. The summed E-state index contributed by atoms with van der Waals surface area (Å²) in [6.07, 6.45) is 0. The average molecular weight is 245 g/mol. The van der Waals surface area contributed by atoms with Crippen molar-refractivity contribution in [1.82, 2.24) is 10.2 Å². The van der Waals surface area contributed by atoms with Gasteiger partial charge >= 0.3 is 0 Å². The van der Waals surface area contributed by atoms with Crippen LogP contribution in [-0.2, 0) is 6.54 Å². The number of rotatable bonds is 3. The Bertz CT molecular complexity index is 557. The Balaban J connectivity index is 2.14. The summed E-state index contributed by atoms with van der Waals surface area (Å²) < 4.78 is 0. The lowest BCUT2D eigenvalue weighted by Crippen LogP contribution is -2.16. The molecule has 1 heterocycles. The summed E-state index contributed by atoms with van der Waals surface area (Å²) in [4.78, 5) is 2.00. The lowest BCUT2D eigenvalue weighted by molar-refractivity contribution is 0.881. The minimum Gasteiger partial charge on any atom is -0.374 e. The lowest BCUT2D eigenvalue weighted by atomic mass is 10.2. The summed E-state index contributed by atoms with van der Waals surface area (Å²) >= 11 is 1.37. The summed E-state index contributed by atoms with van der Waals surface area (Å²) in [7, 11) is 1.94. The van der Waals surface area contributed by atoms with Gasteiger partial charge in [-0.3, -0.25) is 0 Å². The first-order valence-corrected chi connectivity index (χ1v) is 5.80. The predicted molar refractivity (Wildman–Crippen MR) is 67.6 cm³/mol. The van der Waals surface area contributed by atoms with Crippen LogP contribution < -0.4 is 10.6 Å². The van der Waals surface area contributed by atoms with E-state index in [0.717, 1.165) is 10.7 Å². The molecule has 0 bridgehead atoms. The molecule has 0 aliphatic rings. The van der Waals surface area contributed by atoms with Gasteiger partial charge in [0.1, 0.15) is 5.01 Å². The van der Waals surface area contributed by atoms with Crippen LogP contribution in [0.1, 0.15) is 10.6 Å². The molecule has 6 heteroatoms. The second-order valence-corrected chi connectivity index (χ2v) is 4.65. The molecule has 1 aromatic heterocycles. The van der Waals surface area contributed by atoms with E-state index in [1.165, 1.54) is 11.3 Å². The van der Waals surface area contributed by atoms with Crippen LogP contribution in [0.3, 0.4) is 0 Å². The van der Waals surface area contributed by atoms with Crippen LogP contribution in [0.5, 0.6) is 0 Å². The zero-order chi connectivity index (χ0) is 12.3. The summed E-state index contributed by atoms with van der Waals surface area (Å²) in [6, 6.07) is 9.54. The SMILES string of the molecule is CN(Cc1nnc(N)s1)c1cccc(C#N)c1. The van der Waals surface area contributed by atoms with Gasteiger partial charge in [0.15, 0.2) is 0 Å². The van der Waals surface area contributed by atoms with Crippen LogP contribution in [0.15, 0.2) is 24.3 Å². The highest BCUT2D eigenvalue weighted by Gasteiger charge is 2.06. The average Bonchev–Trinajstić information content (AvgIpc) is 2.75. The van der Waals surface area contributed by atoms with Gasteiger partial charge < -0.3 is 10.6 Å². The minimum atomic E-state index is 0.471. The largest absolute Gasteiger partial charge is 0.374 e. The fourth-order valence-corrected chi connectivity index (χ4v) is 2.10. The topological polar surface area (TPSA) is 78.8 Å². The fourth-order valence-electron chi connectivity index (χ4n) is 1.44. The molecule has 0 saturated carbocycles. The van der Waals surface area contributed by atoms with E-state index in [4.69, 9.17) is 11.0 Å². The predicted octanol–water partition coefficient (Wildman–Crippen LogP) is 1.63. The van der Waals surface area contributed by atoms with Crippen molar-refractivity contribution < 1.29 is 0 Å². The van der Waals surface area contributed by atoms with E-state index in [-0.39, 0.29) is 0 Å². The highest BCUT2D eigenvalue weighted by molar-refractivity contribution is 7.15. The van der Waals surface area contributed by atoms with Crippen molar-refractivity contribution in [2.24, 2.45) is 0 Å². The zero-order valence-electron chi connectivity index (χ0n) is 9.29. The van der Waals surface area contributed by atoms with Crippen molar-refractivity contribution in [3.05, 3.63) is 34.8 Å². The molecule has 2 rings (SSSR count). The van der Waals surface area contributed by atoms with Gasteiger partial charge in [-0.15, -0.1) is 10.2 Å². The van der Waals surface area contributed by atoms with Gasteiger partial charge in [-0.2, -0.15) is 5.26 Å². The molecule has 17 heavy (non-hydrogen) atoms. The molecule has 0 aliphatic heterocycles. The van der Waals surface area contributed by atoms with E-state index in [2.05, 4.69) is 16.3 Å². The molecule has 5 nitrogen and oxygen atoms in total. The first-order chi connectivity index (χ1) is 8.19. The maximum Gasteiger partial charge on any atom is 0.203 e. The molecule has 0 aliphatic carbocycles. The third-order valence-corrected chi connectivity index (χ3v) is 3.01. The van der Waals surface area contributed by atoms with Crippen molar-refractivity contribution in [2.45, 2.75) is 6.54 Å². The Labute approximate surface area is 103 Å². The van der Waals surface area contributed by atoms with Crippen molar-refractivity contribution in [1.29, 1.82) is 5.26 Å². The second-order valence-electron chi connectivity index (χ2n) is 3.55. The van der Waals surface area contributed by atoms with Gasteiger partial charge in [0.05, 0.1) is 18.2 Å². The number of hydrogen-bond donors (Lipinski definition) is 1. The summed E-state index contributed by atoms with van der Waals surface area (Å²) in [5.41, 5.74) is 7.14. The highest BCUT2D eigenvalue weighted by atomic mass is 32.1. The van der Waals surface area contributed by atoms with Gasteiger partial charge in [-0.1, -0.05) is 17.4 Å². The van der Waals surface area contributed by atoms with Gasteiger partial charge in [-0.25, -0.2) is 0 Å². The highest BCUT2D eigenvalue weighted by Crippen LogP contribution is 2.19. The molecule has 2 N–H and O–H groups in total. The van der Waals surface area contributed by atoms with E-state index < -0.39 is 0 Å². The molecule has 0 atom stereocenters. The number of nitrogen functional groups attached to an aromatic ring is 1. The normalized spacial score (nSPS) is 9.88. The number of nitrogens with two attached hydrogens (primary N) is 1. The van der Waals surface area contributed by atoms with Crippen LogP contribution in [0, 0.1) is 11.3 Å². The molecule has 0 fully saturated rings. The maximum absolute atomic E-state index is 8.83. The number of hydrogen-bond acceptors (Lipinski definition) is 6. The number of aromatic nitrogens is 2. The summed E-state index contributed by atoms with van der Waals surface area (Å²) in [5.74, 6) is 0. The Kier molecular flexibility index (Phi) is 3.21. The smallest absolute Gasteiger partial charge is 0.203 e. The Morgan fingerprint density at radius 3 is 2.94 bits per heavy atom. The van der Waals surface area contributed by atoms with E-state index in [0.29, 0.717) is 17.2 Å². The molecule has 0 unspecified atom stereocenters. The molecular formula is C11H11N5S. The van der Waals surface area contributed by atoms with Crippen molar-refractivity contribution in [3.63, 3.8) is 0 Å². The lowest BCUT2D eigenvalue weighted by Gasteiger charge is -2.17. The first-order valence-electron chi connectivity index (χ1n) is 4.98. The molecule has 0 amide bonds. The molecule has 86 valence electrons. The van der Waals surface area contributed by atoms with E-state index in [1.807, 2.05) is 30.1 Å². The minimum absolute atomic E-state index is 0.471. The zero-order valence-corrected chi connectivity index (χ0v) is 10.1. The van der Waals surface area contributed by atoms with E-state index in [1.54, 1.807) is 6.07 Å². The van der Waals surface area contributed by atoms with Crippen molar-refractivity contribution in [2.75, 3.05) is 17.7 Å². The Morgan fingerprint density at radius 2 is 2.29 bits per heavy atom. The molecule has 0 radical (unpaired) electrons. The van der Waals surface area contributed by atoms with Crippen molar-refractivity contribution in [3.8, 4) is 6.07 Å². The second kappa shape index (κ2) is 4.80. The van der Waals surface area contributed by atoms with Crippen LogP contribution in [0.2, 0.25) is 0 Å². The Hall–Kier alpha value is -2.13. The summed E-state index contributed by atoms with van der Waals surface area (Å²) in [6.45, 7) is 0.629. The monoisotopic (exact) mass is 245 g/mol. The van der Waals surface area contributed by atoms with Gasteiger partial charge in [0.2, 0.25) is 5.13 Å². The molecule has 0 spiro atoms. The number of nitrogens with zero attached hydrogens (tertiary/aromatic N) is 4. The molecule has 1 aromatic carbocycles. The van der Waals surface area contributed by atoms with Crippen LogP contribution in [-0.4, -0.2) is 17.2 Å². The standard InChI is InChI=1S/C11H11N5S/c1-16(7-10-14-15-11(13)17-10)9-4-2-3-8(5-9)6-12/h2-5H,7H2,1H3,(H2,13,15). The van der Waals surface area contributed by atoms with Gasteiger partial charge in [0.25, 0.3) is 0 Å². The maximum atomic E-state index is 8.83. The van der Waals surface area contributed by atoms with Gasteiger partial charge in [-0.05, 0) is 18.2 Å². The van der Waals surface area contributed by atoms with Crippen LogP contribution in [0.25, 0.3) is 0 Å². The summed E-state index contributed by atoms with van der Waals surface area (Å²) in [5, 5.41) is 17.9. The third-order valence-electron chi connectivity index (χ3n) is 2.27. The quantitative estimate of drug-likeness (QED) is 0.889. The molecule has 0 saturated heterocycles. The van der Waals surface area contributed by atoms with Crippen LogP contribution in [0.4, 0.5) is 10.8 Å². The third kappa shape index (κ3) is 2.71. The van der Waals surface area contributed by atoms with Gasteiger partial charge in [0, 0.05) is 12.7 Å². The number of benzene rings is 1. The molecule has 2 aromatic rings. The van der Waals surface area contributed by atoms with Crippen LogP contribution >= 0.6 is 11.3 Å². The first kappa shape index (κ1) is 11.4. The van der Waals surface area contributed by atoms with Crippen molar-refractivity contribution >= 4 is 22.2 Å². The number of anilines is 2. The number of nitriles is 1.